The summed E-state index contributed by atoms with van der Waals surface area (Å²) in [6.45, 7) is 1.81. The average Bonchev–Trinajstić information content (AvgIpc) is 2.65. The van der Waals surface area contributed by atoms with Gasteiger partial charge >= 0.3 is 0 Å². The number of ether oxygens (including phenoxy) is 1. The number of hydrogen-bond donors (Lipinski definition) is 3. The highest BCUT2D eigenvalue weighted by Gasteiger charge is 2.16. The molecule has 96 valence electrons. The Morgan fingerprint density at radius 2 is 2.11 bits per heavy atom. The van der Waals surface area contributed by atoms with Crippen molar-refractivity contribution < 1.29 is 13.2 Å². The van der Waals surface area contributed by atoms with Gasteiger partial charge in [-0.05, 0) is 19.1 Å². The first-order valence-corrected chi connectivity index (χ1v) is 6.53. The van der Waals surface area contributed by atoms with Crippen LogP contribution in [0.25, 0.3) is 0 Å². The second-order valence-electron chi connectivity index (χ2n) is 3.70. The van der Waals surface area contributed by atoms with Crippen molar-refractivity contribution in [2.75, 3.05) is 5.73 Å². The van der Waals surface area contributed by atoms with Crippen molar-refractivity contribution in [3.63, 3.8) is 0 Å². The van der Waals surface area contributed by atoms with Gasteiger partial charge in [0.1, 0.15) is 4.90 Å². The van der Waals surface area contributed by atoms with E-state index in [0.717, 1.165) is 5.69 Å². The number of H-pyrrole nitrogens is 1. The van der Waals surface area contributed by atoms with Crippen LogP contribution in [0.2, 0.25) is 0 Å². The van der Waals surface area contributed by atoms with Gasteiger partial charge in [0.05, 0.1) is 5.69 Å². The standard InChI is InChI=1S/C10H12N4O3S/c1-6-5-9(14-13-6)17-7-3-2-4-8(10(7)11)18(12,15)16/h2-5H,11H2,1H3,(H,13,14)(H2,12,15,16). The fraction of sp³-hybridized carbons (Fsp3) is 0.100. The summed E-state index contributed by atoms with van der Waals surface area (Å²) in [5, 5.41) is 11.6. The van der Waals surface area contributed by atoms with Gasteiger partial charge in [0.2, 0.25) is 15.9 Å². The molecule has 0 atom stereocenters. The monoisotopic (exact) mass is 268 g/mol. The van der Waals surface area contributed by atoms with E-state index >= 15 is 0 Å². The topological polar surface area (TPSA) is 124 Å². The van der Waals surface area contributed by atoms with Gasteiger partial charge in [-0.3, -0.25) is 5.10 Å². The summed E-state index contributed by atoms with van der Waals surface area (Å²) in [7, 11) is -3.88. The zero-order chi connectivity index (χ0) is 13.3. The average molecular weight is 268 g/mol. The molecule has 7 nitrogen and oxygen atoms in total. The fourth-order valence-electron chi connectivity index (χ4n) is 1.42. The molecule has 8 heteroatoms. The van der Waals surface area contributed by atoms with Gasteiger partial charge in [-0.15, -0.1) is 5.10 Å². The summed E-state index contributed by atoms with van der Waals surface area (Å²) in [5.74, 6) is 0.485. The highest BCUT2D eigenvalue weighted by Crippen LogP contribution is 2.31. The van der Waals surface area contributed by atoms with E-state index in [1.165, 1.54) is 18.2 Å². The summed E-state index contributed by atoms with van der Waals surface area (Å²) in [5.41, 5.74) is 6.47. The highest BCUT2D eigenvalue weighted by molar-refractivity contribution is 7.89. The van der Waals surface area contributed by atoms with Crippen LogP contribution >= 0.6 is 0 Å². The summed E-state index contributed by atoms with van der Waals surface area (Å²) in [6, 6.07) is 6.00. The lowest BCUT2D eigenvalue weighted by atomic mass is 10.3. The number of nitrogens with two attached hydrogens (primary N) is 2. The van der Waals surface area contributed by atoms with Gasteiger partial charge in [-0.2, -0.15) is 0 Å². The van der Waals surface area contributed by atoms with Crippen LogP contribution in [0.15, 0.2) is 29.2 Å². The van der Waals surface area contributed by atoms with Crippen LogP contribution in [0, 0.1) is 6.92 Å². The third-order valence-electron chi connectivity index (χ3n) is 2.23. The normalized spacial score (nSPS) is 11.4. The van der Waals surface area contributed by atoms with Gasteiger partial charge < -0.3 is 10.5 Å². The van der Waals surface area contributed by atoms with Crippen molar-refractivity contribution in [2.24, 2.45) is 5.14 Å². The minimum Gasteiger partial charge on any atom is -0.435 e. The molecule has 0 spiro atoms. The predicted octanol–water partition coefficient (Wildman–Crippen LogP) is 0.740. The van der Waals surface area contributed by atoms with Crippen LogP contribution < -0.4 is 15.6 Å². The van der Waals surface area contributed by atoms with E-state index in [0.29, 0.717) is 5.88 Å². The van der Waals surface area contributed by atoms with Crippen molar-refractivity contribution in [3.8, 4) is 11.6 Å². The van der Waals surface area contributed by atoms with Crippen molar-refractivity contribution in [3.05, 3.63) is 30.0 Å². The van der Waals surface area contributed by atoms with Gasteiger partial charge in [0.25, 0.3) is 0 Å². The van der Waals surface area contributed by atoms with E-state index in [4.69, 9.17) is 15.6 Å². The van der Waals surface area contributed by atoms with Crippen LogP contribution in [0.4, 0.5) is 5.69 Å². The van der Waals surface area contributed by atoms with E-state index in [9.17, 15) is 8.42 Å². The molecule has 0 saturated carbocycles. The number of aromatic nitrogens is 2. The molecule has 5 N–H and O–H groups in total. The van der Waals surface area contributed by atoms with E-state index in [1.54, 1.807) is 6.07 Å². The molecular weight excluding hydrogens is 256 g/mol. The number of hydrogen-bond acceptors (Lipinski definition) is 5. The van der Waals surface area contributed by atoms with Crippen LogP contribution in [0.3, 0.4) is 0 Å². The summed E-state index contributed by atoms with van der Waals surface area (Å²) in [6.07, 6.45) is 0. The Kier molecular flexibility index (Phi) is 2.97. The van der Waals surface area contributed by atoms with E-state index in [1.807, 2.05) is 6.92 Å². The molecule has 18 heavy (non-hydrogen) atoms. The van der Waals surface area contributed by atoms with Crippen molar-refractivity contribution in [2.45, 2.75) is 11.8 Å². The number of aryl methyl sites for hydroxylation is 1. The highest BCUT2D eigenvalue weighted by atomic mass is 32.2. The fourth-order valence-corrected chi connectivity index (χ4v) is 2.09. The van der Waals surface area contributed by atoms with Crippen LogP contribution in [0.1, 0.15) is 5.69 Å². The second-order valence-corrected chi connectivity index (χ2v) is 5.23. The lowest BCUT2D eigenvalue weighted by molar-refractivity contribution is 0.462. The van der Waals surface area contributed by atoms with Gasteiger partial charge in [0, 0.05) is 11.8 Å². The van der Waals surface area contributed by atoms with Crippen LogP contribution in [0.5, 0.6) is 11.6 Å². The predicted molar refractivity (Wildman–Crippen MR) is 65.6 cm³/mol. The minimum absolute atomic E-state index is 0.0411. The first-order chi connectivity index (χ1) is 8.38. The number of rotatable bonds is 3. The first kappa shape index (κ1) is 12.4. The van der Waals surface area contributed by atoms with E-state index in [2.05, 4.69) is 10.2 Å². The Hall–Kier alpha value is -2.06. The lowest BCUT2D eigenvalue weighted by Crippen LogP contribution is -2.14. The molecule has 0 unspecified atom stereocenters. The molecule has 0 aliphatic rings. The molecule has 0 fully saturated rings. The third-order valence-corrected chi connectivity index (χ3v) is 3.20. The molecule has 2 rings (SSSR count). The number of nitrogens with one attached hydrogen (secondary N) is 1. The summed E-state index contributed by atoms with van der Waals surface area (Å²) >= 11 is 0. The quantitative estimate of drug-likeness (QED) is 0.708. The maximum atomic E-state index is 11.3. The molecule has 0 radical (unpaired) electrons. The number of aromatic amines is 1. The number of nitrogen functional groups attached to an aromatic ring is 1. The van der Waals surface area contributed by atoms with E-state index < -0.39 is 10.0 Å². The van der Waals surface area contributed by atoms with Crippen molar-refractivity contribution >= 4 is 15.7 Å². The molecule has 0 bridgehead atoms. The number of nitrogens with zero attached hydrogens (tertiary/aromatic N) is 1. The molecule has 0 aliphatic heterocycles. The Labute approximate surface area is 104 Å². The Morgan fingerprint density at radius 1 is 1.39 bits per heavy atom. The summed E-state index contributed by atoms with van der Waals surface area (Å²) < 4.78 is 27.9. The third kappa shape index (κ3) is 2.44. The largest absolute Gasteiger partial charge is 0.435 e. The Morgan fingerprint density at radius 3 is 2.67 bits per heavy atom. The first-order valence-electron chi connectivity index (χ1n) is 4.99. The summed E-state index contributed by atoms with van der Waals surface area (Å²) in [4.78, 5) is -0.174. The van der Waals surface area contributed by atoms with Gasteiger partial charge in [-0.25, -0.2) is 13.6 Å². The van der Waals surface area contributed by atoms with Crippen molar-refractivity contribution in [1.29, 1.82) is 0 Å². The number of para-hydroxylation sites is 1. The number of anilines is 1. The zero-order valence-corrected chi connectivity index (χ0v) is 10.4. The zero-order valence-electron chi connectivity index (χ0n) is 9.54. The van der Waals surface area contributed by atoms with E-state index in [-0.39, 0.29) is 16.3 Å². The minimum atomic E-state index is -3.88. The molecule has 0 aliphatic carbocycles. The van der Waals surface area contributed by atoms with Crippen LogP contribution in [-0.2, 0) is 10.0 Å². The maximum absolute atomic E-state index is 11.3. The molecular formula is C10H12N4O3S. The smallest absolute Gasteiger partial charge is 0.240 e. The lowest BCUT2D eigenvalue weighted by Gasteiger charge is -2.08. The molecule has 1 heterocycles. The SMILES string of the molecule is Cc1cc(Oc2cccc(S(N)(=O)=O)c2N)n[nH]1. The van der Waals surface area contributed by atoms with Gasteiger partial charge in [-0.1, -0.05) is 6.07 Å². The molecule has 1 aromatic carbocycles. The van der Waals surface area contributed by atoms with Crippen molar-refractivity contribution in [1.82, 2.24) is 10.2 Å². The number of sulfonamides is 1. The molecule has 0 amide bonds. The Bertz CT molecular complexity index is 678. The second kappa shape index (κ2) is 4.31. The molecule has 0 saturated heterocycles. The van der Waals surface area contributed by atoms with Crippen LogP contribution in [-0.4, -0.2) is 18.6 Å². The molecule has 2 aromatic rings. The maximum Gasteiger partial charge on any atom is 0.240 e. The van der Waals surface area contributed by atoms with Gasteiger partial charge in [0.15, 0.2) is 5.75 Å². The Balaban J connectivity index is 2.41. The molecule has 1 aromatic heterocycles. The number of benzene rings is 1. The number of primary sulfonamides is 1.